The Balaban J connectivity index is 2.51. The van der Waals surface area contributed by atoms with E-state index in [0.29, 0.717) is 0 Å². The molecule has 0 saturated carbocycles. The lowest BCUT2D eigenvalue weighted by Crippen LogP contribution is -1.74. The Hall–Kier alpha value is -1.57. The van der Waals surface area contributed by atoms with E-state index < -0.39 is 0 Å². The highest BCUT2D eigenvalue weighted by molar-refractivity contribution is 5.59. The summed E-state index contributed by atoms with van der Waals surface area (Å²) in [4.78, 5) is 0. The number of nitrogens with zero attached hydrogens (tertiary/aromatic N) is 1. The van der Waals surface area contributed by atoms with Gasteiger partial charge in [0.15, 0.2) is 5.76 Å². The lowest BCUT2D eigenvalue weighted by Gasteiger charge is -1.94. The van der Waals surface area contributed by atoms with Crippen molar-refractivity contribution in [3.05, 3.63) is 42.1 Å². The van der Waals surface area contributed by atoms with E-state index in [4.69, 9.17) is 4.52 Å². The molecule has 0 aliphatic carbocycles. The largest absolute Gasteiger partial charge is 0.356 e. The van der Waals surface area contributed by atoms with Crippen LogP contribution in [0.15, 0.2) is 41.1 Å². The molecule has 0 spiro atoms. The third-order valence-electron chi connectivity index (χ3n) is 1.78. The minimum atomic E-state index is 0.857. The SMILES string of the molecule is Cc1cnoc1-c1ccccc1. The predicted octanol–water partition coefficient (Wildman–Crippen LogP) is 2.65. The predicted molar refractivity (Wildman–Crippen MR) is 46.7 cm³/mol. The second kappa shape index (κ2) is 2.81. The van der Waals surface area contributed by atoms with Crippen LogP contribution in [0.4, 0.5) is 0 Å². The van der Waals surface area contributed by atoms with Crippen molar-refractivity contribution in [2.45, 2.75) is 6.92 Å². The van der Waals surface area contributed by atoms with E-state index in [2.05, 4.69) is 5.16 Å². The van der Waals surface area contributed by atoms with Crippen LogP contribution in [0.1, 0.15) is 5.56 Å². The summed E-state index contributed by atoms with van der Waals surface area (Å²) in [5.74, 6) is 0.857. The summed E-state index contributed by atoms with van der Waals surface area (Å²) < 4.78 is 5.10. The van der Waals surface area contributed by atoms with Gasteiger partial charge in [0.25, 0.3) is 0 Å². The maximum absolute atomic E-state index is 5.10. The molecular weight excluding hydrogens is 150 g/mol. The molecule has 1 aromatic carbocycles. The van der Waals surface area contributed by atoms with Crippen LogP contribution in [0.25, 0.3) is 11.3 Å². The molecule has 0 bridgehead atoms. The molecule has 0 saturated heterocycles. The van der Waals surface area contributed by atoms with E-state index in [1.807, 2.05) is 37.3 Å². The van der Waals surface area contributed by atoms with E-state index in [-0.39, 0.29) is 0 Å². The maximum Gasteiger partial charge on any atom is 0.169 e. The molecule has 0 amide bonds. The molecular formula is C10H9NO. The van der Waals surface area contributed by atoms with Gasteiger partial charge in [0.05, 0.1) is 6.20 Å². The van der Waals surface area contributed by atoms with Crippen LogP contribution >= 0.6 is 0 Å². The summed E-state index contributed by atoms with van der Waals surface area (Å²) in [5.41, 5.74) is 2.15. The van der Waals surface area contributed by atoms with Crippen LogP contribution in [-0.4, -0.2) is 5.16 Å². The van der Waals surface area contributed by atoms with Gasteiger partial charge in [-0.05, 0) is 6.92 Å². The first-order valence-corrected chi connectivity index (χ1v) is 3.84. The zero-order valence-corrected chi connectivity index (χ0v) is 6.82. The summed E-state index contributed by atoms with van der Waals surface area (Å²) in [6, 6.07) is 9.96. The van der Waals surface area contributed by atoms with Gasteiger partial charge >= 0.3 is 0 Å². The second-order valence-corrected chi connectivity index (χ2v) is 2.70. The highest BCUT2D eigenvalue weighted by atomic mass is 16.5. The molecule has 0 aliphatic heterocycles. The van der Waals surface area contributed by atoms with Crippen LogP contribution in [0, 0.1) is 6.92 Å². The summed E-state index contributed by atoms with van der Waals surface area (Å²) in [6.45, 7) is 1.98. The van der Waals surface area contributed by atoms with Gasteiger partial charge in [-0.3, -0.25) is 0 Å². The van der Waals surface area contributed by atoms with Crippen LogP contribution in [0.3, 0.4) is 0 Å². The molecule has 0 N–H and O–H groups in total. The van der Waals surface area contributed by atoms with Crippen molar-refractivity contribution in [1.29, 1.82) is 0 Å². The smallest absolute Gasteiger partial charge is 0.169 e. The standard InChI is InChI=1S/C10H9NO/c1-8-7-11-12-10(8)9-5-3-2-4-6-9/h2-7H,1H3. The van der Waals surface area contributed by atoms with Gasteiger partial charge in [0.1, 0.15) is 0 Å². The first-order valence-electron chi connectivity index (χ1n) is 3.84. The lowest BCUT2D eigenvalue weighted by molar-refractivity contribution is 0.432. The van der Waals surface area contributed by atoms with Crippen molar-refractivity contribution in [2.24, 2.45) is 0 Å². The van der Waals surface area contributed by atoms with Crippen molar-refractivity contribution in [3.8, 4) is 11.3 Å². The van der Waals surface area contributed by atoms with Gasteiger partial charge in [-0.2, -0.15) is 0 Å². The lowest BCUT2D eigenvalue weighted by atomic mass is 10.1. The summed E-state index contributed by atoms with van der Waals surface area (Å²) in [6.07, 6.45) is 1.72. The number of rotatable bonds is 1. The molecule has 12 heavy (non-hydrogen) atoms. The molecule has 2 rings (SSSR count). The van der Waals surface area contributed by atoms with Crippen molar-refractivity contribution in [3.63, 3.8) is 0 Å². The normalized spacial score (nSPS) is 10.1. The number of aromatic nitrogens is 1. The van der Waals surface area contributed by atoms with Crippen molar-refractivity contribution in [1.82, 2.24) is 5.16 Å². The molecule has 0 aliphatic rings. The minimum Gasteiger partial charge on any atom is -0.356 e. The number of aryl methyl sites for hydroxylation is 1. The van der Waals surface area contributed by atoms with Crippen LogP contribution in [-0.2, 0) is 0 Å². The Labute approximate surface area is 70.8 Å². The first-order chi connectivity index (χ1) is 5.88. The summed E-state index contributed by atoms with van der Waals surface area (Å²) in [7, 11) is 0. The molecule has 0 radical (unpaired) electrons. The third-order valence-corrected chi connectivity index (χ3v) is 1.78. The molecule has 2 aromatic rings. The summed E-state index contributed by atoms with van der Waals surface area (Å²) in [5, 5.41) is 3.72. The number of benzene rings is 1. The van der Waals surface area contributed by atoms with Crippen LogP contribution in [0.5, 0.6) is 0 Å². The Kier molecular flexibility index (Phi) is 1.67. The molecule has 0 atom stereocenters. The van der Waals surface area contributed by atoms with E-state index in [9.17, 15) is 0 Å². The van der Waals surface area contributed by atoms with Gasteiger partial charge in [0, 0.05) is 11.1 Å². The molecule has 0 fully saturated rings. The van der Waals surface area contributed by atoms with E-state index in [1.54, 1.807) is 6.20 Å². The number of hydrogen-bond acceptors (Lipinski definition) is 2. The molecule has 60 valence electrons. The molecule has 2 nitrogen and oxygen atoms in total. The Bertz CT molecular complexity index is 364. The Morgan fingerprint density at radius 1 is 1.17 bits per heavy atom. The van der Waals surface area contributed by atoms with Gasteiger partial charge in [0.2, 0.25) is 0 Å². The monoisotopic (exact) mass is 159 g/mol. The van der Waals surface area contributed by atoms with Crippen LogP contribution < -0.4 is 0 Å². The third kappa shape index (κ3) is 1.11. The van der Waals surface area contributed by atoms with Gasteiger partial charge in [-0.1, -0.05) is 35.5 Å². The van der Waals surface area contributed by atoms with E-state index in [1.165, 1.54) is 0 Å². The van der Waals surface area contributed by atoms with E-state index >= 15 is 0 Å². The minimum absolute atomic E-state index is 0.857. The average molecular weight is 159 g/mol. The fraction of sp³-hybridized carbons (Fsp3) is 0.100. The topological polar surface area (TPSA) is 26.0 Å². The van der Waals surface area contributed by atoms with Crippen LogP contribution in [0.2, 0.25) is 0 Å². The average Bonchev–Trinajstić information content (AvgIpc) is 2.53. The highest BCUT2D eigenvalue weighted by Gasteiger charge is 2.04. The van der Waals surface area contributed by atoms with Gasteiger partial charge < -0.3 is 4.52 Å². The second-order valence-electron chi connectivity index (χ2n) is 2.70. The Morgan fingerprint density at radius 3 is 2.50 bits per heavy atom. The molecule has 2 heteroatoms. The fourth-order valence-corrected chi connectivity index (χ4v) is 1.16. The zero-order chi connectivity index (χ0) is 8.39. The van der Waals surface area contributed by atoms with E-state index in [0.717, 1.165) is 16.9 Å². The summed E-state index contributed by atoms with van der Waals surface area (Å²) >= 11 is 0. The van der Waals surface area contributed by atoms with Gasteiger partial charge in [-0.25, -0.2) is 0 Å². The molecule has 0 unspecified atom stereocenters. The quantitative estimate of drug-likeness (QED) is 0.639. The Morgan fingerprint density at radius 2 is 1.92 bits per heavy atom. The zero-order valence-electron chi connectivity index (χ0n) is 6.82. The number of hydrogen-bond donors (Lipinski definition) is 0. The van der Waals surface area contributed by atoms with Crippen molar-refractivity contribution in [2.75, 3.05) is 0 Å². The van der Waals surface area contributed by atoms with Crippen molar-refractivity contribution >= 4 is 0 Å². The maximum atomic E-state index is 5.10. The van der Waals surface area contributed by atoms with Gasteiger partial charge in [-0.15, -0.1) is 0 Å². The van der Waals surface area contributed by atoms with Crippen molar-refractivity contribution < 1.29 is 4.52 Å². The molecule has 1 aromatic heterocycles. The first kappa shape index (κ1) is 7.10. The molecule has 1 heterocycles. The highest BCUT2D eigenvalue weighted by Crippen LogP contribution is 2.21. The fourth-order valence-electron chi connectivity index (χ4n) is 1.16.